The number of halogens is 2. The van der Waals surface area contributed by atoms with Crippen molar-refractivity contribution in [3.8, 4) is 0 Å². The molecule has 0 aliphatic heterocycles. The zero-order chi connectivity index (χ0) is 17.5. The Bertz CT molecular complexity index is 781. The maximum atomic E-state index is 11.7. The number of hydrogen-bond donors (Lipinski definition) is 2. The molecular weight excluding hydrogens is 447 g/mol. The van der Waals surface area contributed by atoms with Gasteiger partial charge in [-0.3, -0.25) is 14.9 Å². The number of nitro groups is 1. The van der Waals surface area contributed by atoms with Crippen LogP contribution in [0.3, 0.4) is 0 Å². The van der Waals surface area contributed by atoms with Crippen molar-refractivity contribution >= 4 is 57.7 Å². The minimum absolute atomic E-state index is 0.0423. The van der Waals surface area contributed by atoms with Gasteiger partial charge >= 0.3 is 0 Å². The van der Waals surface area contributed by atoms with Crippen LogP contribution in [0.25, 0.3) is 0 Å². The first-order valence-corrected chi connectivity index (χ1v) is 8.16. The Hall–Kier alpha value is -2.20. The number of amides is 1. The van der Waals surface area contributed by atoms with Crippen molar-refractivity contribution in [2.45, 2.75) is 0 Å². The summed E-state index contributed by atoms with van der Waals surface area (Å²) in [4.78, 5) is 21.9. The molecule has 24 heavy (non-hydrogen) atoms. The topological polar surface area (TPSA) is 96.6 Å². The van der Waals surface area contributed by atoms with E-state index in [4.69, 9.17) is 11.6 Å². The molecule has 0 aliphatic carbocycles. The number of benzene rings is 2. The predicted molar refractivity (Wildman–Crippen MR) is 101 cm³/mol. The number of carbonyl (C=O) groups excluding carboxylic acids is 1. The molecule has 0 fully saturated rings. The summed E-state index contributed by atoms with van der Waals surface area (Å²) in [5.74, 6) is -0.355. The SMILES string of the molecule is O=C(CNc1ccc(I)cc1)N/N=C\c1cc([N+](=O)[O-])ccc1Cl. The van der Waals surface area contributed by atoms with E-state index in [-0.39, 0.29) is 18.1 Å². The number of hydrazone groups is 1. The maximum absolute atomic E-state index is 11.7. The van der Waals surface area contributed by atoms with Crippen LogP contribution >= 0.6 is 34.2 Å². The number of non-ortho nitro benzene ring substituents is 1. The summed E-state index contributed by atoms with van der Waals surface area (Å²) in [6.45, 7) is 0.0423. The van der Waals surface area contributed by atoms with Crippen molar-refractivity contribution in [2.24, 2.45) is 5.10 Å². The summed E-state index contributed by atoms with van der Waals surface area (Å²) in [6.07, 6.45) is 1.26. The van der Waals surface area contributed by atoms with Crippen LogP contribution in [0.1, 0.15) is 5.56 Å². The van der Waals surface area contributed by atoms with Crippen molar-refractivity contribution in [1.29, 1.82) is 0 Å². The Kier molecular flexibility index (Phi) is 6.50. The van der Waals surface area contributed by atoms with E-state index >= 15 is 0 Å². The summed E-state index contributed by atoms with van der Waals surface area (Å²) < 4.78 is 1.10. The molecule has 0 atom stereocenters. The summed E-state index contributed by atoms with van der Waals surface area (Å²) >= 11 is 8.12. The average molecular weight is 459 g/mol. The van der Waals surface area contributed by atoms with Gasteiger partial charge in [0.2, 0.25) is 0 Å². The first kappa shape index (κ1) is 18.1. The van der Waals surface area contributed by atoms with Gasteiger partial charge in [-0.05, 0) is 52.9 Å². The largest absolute Gasteiger partial charge is 0.376 e. The molecule has 0 saturated heterocycles. The summed E-state index contributed by atoms with van der Waals surface area (Å²) in [5.41, 5.74) is 3.38. The molecule has 0 radical (unpaired) electrons. The molecule has 0 heterocycles. The molecule has 1 amide bonds. The van der Waals surface area contributed by atoms with Gasteiger partial charge in [-0.2, -0.15) is 5.10 Å². The first-order chi connectivity index (χ1) is 11.5. The highest BCUT2D eigenvalue weighted by molar-refractivity contribution is 14.1. The van der Waals surface area contributed by atoms with Gasteiger partial charge in [0.05, 0.1) is 17.7 Å². The van der Waals surface area contributed by atoms with Gasteiger partial charge in [-0.25, -0.2) is 5.43 Å². The van der Waals surface area contributed by atoms with Gasteiger partial charge in [0.1, 0.15) is 0 Å². The zero-order valence-corrected chi connectivity index (χ0v) is 15.1. The van der Waals surface area contributed by atoms with E-state index in [2.05, 4.69) is 38.4 Å². The molecule has 2 aromatic rings. The molecule has 0 aromatic heterocycles. The number of nitrogens with one attached hydrogen (secondary N) is 2. The van der Waals surface area contributed by atoms with Crippen molar-refractivity contribution in [3.63, 3.8) is 0 Å². The fourth-order valence-electron chi connectivity index (χ4n) is 1.71. The monoisotopic (exact) mass is 458 g/mol. The third-order valence-electron chi connectivity index (χ3n) is 2.88. The van der Waals surface area contributed by atoms with Crippen molar-refractivity contribution in [3.05, 3.63) is 66.7 Å². The molecule has 2 rings (SSSR count). The minimum atomic E-state index is -0.531. The van der Waals surface area contributed by atoms with Crippen LogP contribution in [0.2, 0.25) is 5.02 Å². The zero-order valence-electron chi connectivity index (χ0n) is 12.2. The van der Waals surface area contributed by atoms with Crippen LogP contribution < -0.4 is 10.7 Å². The number of nitro benzene ring substituents is 1. The Labute approximate surface area is 156 Å². The highest BCUT2D eigenvalue weighted by Crippen LogP contribution is 2.20. The smallest absolute Gasteiger partial charge is 0.270 e. The highest BCUT2D eigenvalue weighted by atomic mass is 127. The lowest BCUT2D eigenvalue weighted by molar-refractivity contribution is -0.384. The second-order valence-corrected chi connectivity index (χ2v) is 6.27. The van der Waals surface area contributed by atoms with Crippen LogP contribution in [-0.2, 0) is 4.79 Å². The van der Waals surface area contributed by atoms with Crippen molar-refractivity contribution < 1.29 is 9.72 Å². The average Bonchev–Trinajstić information content (AvgIpc) is 2.56. The van der Waals surface area contributed by atoms with E-state index in [1.807, 2.05) is 24.3 Å². The van der Waals surface area contributed by atoms with E-state index in [1.54, 1.807) is 0 Å². The van der Waals surface area contributed by atoms with E-state index < -0.39 is 4.92 Å². The standard InChI is InChI=1S/C15H12ClIN4O3/c16-14-6-5-13(21(23)24)7-10(14)8-19-20-15(22)9-18-12-3-1-11(17)2-4-12/h1-8,18H,9H2,(H,20,22)/b19-8-. The quantitative estimate of drug-likeness (QED) is 0.300. The van der Waals surface area contributed by atoms with E-state index in [1.165, 1.54) is 24.4 Å². The van der Waals surface area contributed by atoms with Gasteiger partial charge < -0.3 is 5.32 Å². The van der Waals surface area contributed by atoms with E-state index in [9.17, 15) is 14.9 Å². The van der Waals surface area contributed by atoms with Gasteiger partial charge in [0, 0.05) is 32.0 Å². The maximum Gasteiger partial charge on any atom is 0.270 e. The normalized spacial score (nSPS) is 10.6. The van der Waals surface area contributed by atoms with Gasteiger partial charge in [0.25, 0.3) is 11.6 Å². The molecule has 9 heteroatoms. The molecule has 2 N–H and O–H groups in total. The van der Waals surface area contributed by atoms with Gasteiger partial charge in [-0.15, -0.1) is 0 Å². The number of hydrogen-bond acceptors (Lipinski definition) is 5. The molecule has 0 aliphatic rings. The summed E-state index contributed by atoms with van der Waals surface area (Å²) in [6, 6.07) is 11.5. The van der Waals surface area contributed by atoms with Gasteiger partial charge in [-0.1, -0.05) is 11.6 Å². The Morgan fingerprint density at radius 1 is 1.29 bits per heavy atom. The summed E-state index contributed by atoms with van der Waals surface area (Å²) in [5, 5.41) is 17.7. The Morgan fingerprint density at radius 3 is 2.67 bits per heavy atom. The third kappa shape index (κ3) is 5.46. The second-order valence-electron chi connectivity index (χ2n) is 4.62. The van der Waals surface area contributed by atoms with E-state index in [0.29, 0.717) is 10.6 Å². The van der Waals surface area contributed by atoms with Crippen molar-refractivity contribution in [1.82, 2.24) is 5.43 Å². The molecule has 2 aromatic carbocycles. The summed E-state index contributed by atoms with van der Waals surface area (Å²) in [7, 11) is 0. The fourth-order valence-corrected chi connectivity index (χ4v) is 2.23. The second kappa shape index (κ2) is 8.60. The lowest BCUT2D eigenvalue weighted by Gasteiger charge is -2.05. The molecular formula is C15H12ClIN4O3. The van der Waals surface area contributed by atoms with E-state index in [0.717, 1.165) is 9.26 Å². The van der Waals surface area contributed by atoms with Crippen LogP contribution in [0, 0.1) is 13.7 Å². The number of anilines is 1. The number of rotatable bonds is 6. The molecule has 0 spiro atoms. The first-order valence-electron chi connectivity index (χ1n) is 6.71. The lowest BCUT2D eigenvalue weighted by Crippen LogP contribution is -2.25. The minimum Gasteiger partial charge on any atom is -0.376 e. The Balaban J connectivity index is 1.89. The predicted octanol–water partition coefficient (Wildman–Crippen LogP) is 3.42. The molecule has 0 unspecified atom stereocenters. The Morgan fingerprint density at radius 2 is 2.00 bits per heavy atom. The number of nitrogens with zero attached hydrogens (tertiary/aromatic N) is 2. The van der Waals surface area contributed by atoms with Crippen LogP contribution in [0.15, 0.2) is 47.6 Å². The number of carbonyl (C=O) groups is 1. The van der Waals surface area contributed by atoms with Crippen molar-refractivity contribution in [2.75, 3.05) is 11.9 Å². The fraction of sp³-hybridized carbons (Fsp3) is 0.0667. The van der Waals surface area contributed by atoms with Crippen LogP contribution in [-0.4, -0.2) is 23.6 Å². The van der Waals surface area contributed by atoms with Gasteiger partial charge in [0.15, 0.2) is 0 Å². The molecule has 7 nitrogen and oxygen atoms in total. The lowest BCUT2D eigenvalue weighted by atomic mass is 10.2. The molecule has 0 bridgehead atoms. The third-order valence-corrected chi connectivity index (χ3v) is 3.94. The molecule has 0 saturated carbocycles. The molecule has 124 valence electrons. The van der Waals surface area contributed by atoms with Crippen LogP contribution in [0.4, 0.5) is 11.4 Å². The van der Waals surface area contributed by atoms with Crippen LogP contribution in [0.5, 0.6) is 0 Å². The highest BCUT2D eigenvalue weighted by Gasteiger charge is 2.08.